The molecule has 1 aromatic rings. The number of rotatable bonds is 1. The van der Waals surface area contributed by atoms with E-state index in [1.165, 1.54) is 0 Å². The van der Waals surface area contributed by atoms with Gasteiger partial charge in [-0.05, 0) is 19.1 Å². The Labute approximate surface area is 96.7 Å². The first-order chi connectivity index (χ1) is 7.08. The molecule has 2 rings (SSSR count). The lowest BCUT2D eigenvalue weighted by atomic mass is 10.1. The van der Waals surface area contributed by atoms with Gasteiger partial charge >= 0.3 is 6.09 Å². The molecule has 3 nitrogen and oxygen atoms in total. The summed E-state index contributed by atoms with van der Waals surface area (Å²) in [4.78, 5) is 14.7. The molecule has 5 heteroatoms. The van der Waals surface area contributed by atoms with Gasteiger partial charge in [0, 0.05) is 10.6 Å². The van der Waals surface area contributed by atoms with Crippen molar-refractivity contribution in [2.75, 3.05) is 0 Å². The van der Waals surface area contributed by atoms with Crippen LogP contribution >= 0.6 is 23.2 Å². The van der Waals surface area contributed by atoms with Gasteiger partial charge in [-0.1, -0.05) is 29.3 Å². The highest BCUT2D eigenvalue weighted by molar-refractivity contribution is 6.37. The molecule has 0 radical (unpaired) electrons. The van der Waals surface area contributed by atoms with Crippen LogP contribution in [-0.2, 0) is 4.74 Å². The van der Waals surface area contributed by atoms with Gasteiger partial charge in [0.25, 0.3) is 0 Å². The number of aliphatic imine (C=N–C) groups is 1. The van der Waals surface area contributed by atoms with Crippen LogP contribution in [-0.4, -0.2) is 17.9 Å². The number of benzene rings is 1. The van der Waals surface area contributed by atoms with Crippen LogP contribution < -0.4 is 0 Å². The van der Waals surface area contributed by atoms with Crippen molar-refractivity contribution >= 4 is 35.0 Å². The smallest absolute Gasteiger partial charge is 0.434 e. The van der Waals surface area contributed by atoms with Crippen LogP contribution in [0.15, 0.2) is 23.2 Å². The number of carbonyl (C=O) groups is 1. The summed E-state index contributed by atoms with van der Waals surface area (Å²) in [7, 11) is 0. The van der Waals surface area contributed by atoms with Crippen molar-refractivity contribution in [1.29, 1.82) is 0 Å². The van der Waals surface area contributed by atoms with Crippen LogP contribution in [0, 0.1) is 0 Å². The zero-order valence-electron chi connectivity index (χ0n) is 7.83. The Bertz CT molecular complexity index is 457. The largest absolute Gasteiger partial charge is 0.438 e. The molecule has 78 valence electrons. The highest BCUT2D eigenvalue weighted by Crippen LogP contribution is 2.25. The van der Waals surface area contributed by atoms with E-state index in [0.717, 1.165) is 0 Å². The van der Waals surface area contributed by atoms with Crippen LogP contribution in [0.25, 0.3) is 0 Å². The SMILES string of the molecule is CC1OC(=O)N=C1c1ccc(Cl)cc1Cl. The van der Waals surface area contributed by atoms with Gasteiger partial charge in [-0.3, -0.25) is 0 Å². The molecule has 1 atom stereocenters. The summed E-state index contributed by atoms with van der Waals surface area (Å²) >= 11 is 11.8. The minimum absolute atomic E-state index is 0.365. The molecule has 0 bridgehead atoms. The third-order valence-electron chi connectivity index (χ3n) is 2.08. The van der Waals surface area contributed by atoms with Crippen LogP contribution in [0.3, 0.4) is 0 Å². The molecule has 0 saturated carbocycles. The van der Waals surface area contributed by atoms with Gasteiger partial charge in [0.05, 0.1) is 10.7 Å². The Balaban J connectivity index is 2.46. The third kappa shape index (κ3) is 1.98. The molecule has 15 heavy (non-hydrogen) atoms. The Morgan fingerprint density at radius 3 is 2.67 bits per heavy atom. The topological polar surface area (TPSA) is 38.7 Å². The van der Waals surface area contributed by atoms with Crippen LogP contribution in [0.4, 0.5) is 4.79 Å². The number of nitrogens with zero attached hydrogens (tertiary/aromatic N) is 1. The molecule has 1 unspecified atom stereocenters. The molecule has 1 heterocycles. The number of carbonyl (C=O) groups excluding carboxylic acids is 1. The fraction of sp³-hybridized carbons (Fsp3) is 0.200. The molecule has 1 aliphatic rings. The number of hydrogen-bond donors (Lipinski definition) is 0. The predicted octanol–water partition coefficient (Wildman–Crippen LogP) is 3.32. The number of halogens is 2. The van der Waals surface area contributed by atoms with Crippen molar-refractivity contribution in [3.63, 3.8) is 0 Å². The van der Waals surface area contributed by atoms with Gasteiger partial charge in [-0.2, -0.15) is 4.99 Å². The molecule has 0 aromatic heterocycles. The van der Waals surface area contributed by atoms with E-state index in [0.29, 0.717) is 21.3 Å². The molecular formula is C10H7Cl2NO2. The van der Waals surface area contributed by atoms with Gasteiger partial charge < -0.3 is 4.74 Å². The van der Waals surface area contributed by atoms with Crippen molar-refractivity contribution in [2.45, 2.75) is 13.0 Å². The number of amides is 1. The summed E-state index contributed by atoms with van der Waals surface area (Å²) in [6.45, 7) is 1.74. The average Bonchev–Trinajstić information content (AvgIpc) is 2.45. The quantitative estimate of drug-likeness (QED) is 0.759. The van der Waals surface area contributed by atoms with Crippen LogP contribution in [0.1, 0.15) is 12.5 Å². The maximum absolute atomic E-state index is 10.9. The second-order valence-electron chi connectivity index (χ2n) is 3.15. The van der Waals surface area contributed by atoms with Crippen molar-refractivity contribution in [3.8, 4) is 0 Å². The van der Waals surface area contributed by atoms with E-state index < -0.39 is 6.09 Å². The van der Waals surface area contributed by atoms with E-state index in [1.807, 2.05) is 0 Å². The Kier molecular flexibility index (Phi) is 2.67. The van der Waals surface area contributed by atoms with Gasteiger partial charge in [0.2, 0.25) is 0 Å². The van der Waals surface area contributed by atoms with Gasteiger partial charge in [-0.25, -0.2) is 4.79 Å². The van der Waals surface area contributed by atoms with Crippen molar-refractivity contribution in [3.05, 3.63) is 33.8 Å². The summed E-state index contributed by atoms with van der Waals surface area (Å²) in [6, 6.07) is 5.03. The maximum atomic E-state index is 10.9. The van der Waals surface area contributed by atoms with Crippen LogP contribution in [0.2, 0.25) is 10.0 Å². The standard InChI is InChI=1S/C10H7Cl2NO2/c1-5-9(13-10(14)15-5)7-3-2-6(11)4-8(7)12/h2-5H,1H3. The summed E-state index contributed by atoms with van der Waals surface area (Å²) in [6.07, 6.45) is -0.945. The second-order valence-corrected chi connectivity index (χ2v) is 3.99. The molecule has 0 saturated heterocycles. The molecule has 0 spiro atoms. The Morgan fingerprint density at radius 2 is 2.13 bits per heavy atom. The van der Waals surface area contributed by atoms with Gasteiger partial charge in [0.15, 0.2) is 0 Å². The zero-order valence-corrected chi connectivity index (χ0v) is 9.34. The van der Waals surface area contributed by atoms with Gasteiger partial charge in [-0.15, -0.1) is 0 Å². The fourth-order valence-corrected chi connectivity index (χ4v) is 1.90. The maximum Gasteiger partial charge on any atom is 0.434 e. The van der Waals surface area contributed by atoms with Crippen molar-refractivity contribution in [2.24, 2.45) is 4.99 Å². The molecule has 0 N–H and O–H groups in total. The van der Waals surface area contributed by atoms with E-state index in [-0.39, 0.29) is 6.10 Å². The molecular weight excluding hydrogens is 237 g/mol. The second kappa shape index (κ2) is 3.83. The minimum atomic E-state index is -0.580. The lowest BCUT2D eigenvalue weighted by Crippen LogP contribution is -2.15. The zero-order chi connectivity index (χ0) is 11.0. The lowest BCUT2D eigenvalue weighted by molar-refractivity contribution is 0.155. The van der Waals surface area contributed by atoms with Crippen molar-refractivity contribution in [1.82, 2.24) is 0 Å². The average molecular weight is 244 g/mol. The van der Waals surface area contributed by atoms with Gasteiger partial charge in [0.1, 0.15) is 6.10 Å². The molecule has 1 aromatic carbocycles. The summed E-state index contributed by atoms with van der Waals surface area (Å²) < 4.78 is 4.88. The molecule has 1 aliphatic heterocycles. The van der Waals surface area contributed by atoms with Crippen molar-refractivity contribution < 1.29 is 9.53 Å². The minimum Gasteiger partial charge on any atom is -0.438 e. The lowest BCUT2D eigenvalue weighted by Gasteiger charge is -2.07. The van der Waals surface area contributed by atoms with E-state index >= 15 is 0 Å². The summed E-state index contributed by atoms with van der Waals surface area (Å²) in [5.41, 5.74) is 1.22. The summed E-state index contributed by atoms with van der Waals surface area (Å²) in [5, 5.41) is 1.01. The van der Waals surface area contributed by atoms with E-state index in [2.05, 4.69) is 4.99 Å². The monoisotopic (exact) mass is 243 g/mol. The van der Waals surface area contributed by atoms with E-state index in [1.54, 1.807) is 25.1 Å². The molecule has 1 amide bonds. The first kappa shape index (κ1) is 10.5. The highest BCUT2D eigenvalue weighted by Gasteiger charge is 2.26. The Hall–Kier alpha value is -1.06. The highest BCUT2D eigenvalue weighted by atomic mass is 35.5. The summed E-state index contributed by atoms with van der Waals surface area (Å²) in [5.74, 6) is 0. The number of hydrogen-bond acceptors (Lipinski definition) is 2. The predicted molar refractivity (Wildman–Crippen MR) is 58.9 cm³/mol. The first-order valence-electron chi connectivity index (χ1n) is 4.32. The Morgan fingerprint density at radius 1 is 1.40 bits per heavy atom. The third-order valence-corrected chi connectivity index (χ3v) is 2.63. The van der Waals surface area contributed by atoms with E-state index in [9.17, 15) is 4.79 Å². The first-order valence-corrected chi connectivity index (χ1v) is 5.08. The molecule has 0 aliphatic carbocycles. The van der Waals surface area contributed by atoms with Crippen LogP contribution in [0.5, 0.6) is 0 Å². The number of ether oxygens (including phenoxy) is 1. The fourth-order valence-electron chi connectivity index (χ4n) is 1.40. The number of cyclic esters (lactones) is 1. The normalized spacial score (nSPS) is 20.1. The van der Waals surface area contributed by atoms with E-state index in [4.69, 9.17) is 27.9 Å². The molecule has 0 fully saturated rings.